The van der Waals surface area contributed by atoms with Crippen LogP contribution in [0.5, 0.6) is 17.2 Å². The number of ether oxygens (including phenoxy) is 2. The first-order valence-corrected chi connectivity index (χ1v) is 14.6. The highest BCUT2D eigenvalue weighted by atomic mass is 32.2. The Kier molecular flexibility index (Phi) is 9.49. The van der Waals surface area contributed by atoms with Crippen molar-refractivity contribution in [2.24, 2.45) is 0 Å². The van der Waals surface area contributed by atoms with Gasteiger partial charge in [0.2, 0.25) is 0 Å². The minimum Gasteiger partial charge on any atom is -0.494 e. The number of hydrogen-bond donors (Lipinski definition) is 0. The monoisotopic (exact) mass is 577 g/mol. The van der Waals surface area contributed by atoms with Crippen molar-refractivity contribution in [1.29, 1.82) is 0 Å². The van der Waals surface area contributed by atoms with Crippen molar-refractivity contribution in [1.82, 2.24) is 9.80 Å². The van der Waals surface area contributed by atoms with Gasteiger partial charge in [-0.25, -0.2) is 4.39 Å². The lowest BCUT2D eigenvalue weighted by molar-refractivity contribution is -0.113. The van der Waals surface area contributed by atoms with Gasteiger partial charge in [-0.05, 0) is 86.6 Å². The molecule has 0 spiro atoms. The molecule has 2 saturated heterocycles. The molecular formula is C31H32FN3O3S2. The summed E-state index contributed by atoms with van der Waals surface area (Å²) in [7, 11) is 2.17. The summed E-state index contributed by atoms with van der Waals surface area (Å²) >= 11 is 6.84. The predicted molar refractivity (Wildman–Crippen MR) is 164 cm³/mol. The number of anilines is 1. The second kappa shape index (κ2) is 13.4. The van der Waals surface area contributed by atoms with Crippen LogP contribution >= 0.6 is 24.0 Å². The van der Waals surface area contributed by atoms with E-state index >= 15 is 0 Å². The van der Waals surface area contributed by atoms with Crippen molar-refractivity contribution in [3.63, 3.8) is 0 Å². The highest BCUT2D eigenvalue weighted by Gasteiger charge is 2.33. The third-order valence-electron chi connectivity index (χ3n) is 6.83. The smallest absolute Gasteiger partial charge is 0.270 e. The number of hydrogen-bond acceptors (Lipinski definition) is 7. The van der Waals surface area contributed by atoms with Gasteiger partial charge in [0.05, 0.1) is 17.2 Å². The van der Waals surface area contributed by atoms with E-state index in [1.165, 1.54) is 23.9 Å². The van der Waals surface area contributed by atoms with Gasteiger partial charge in [-0.15, -0.1) is 0 Å². The van der Waals surface area contributed by atoms with Gasteiger partial charge < -0.3 is 19.3 Å². The van der Waals surface area contributed by atoms with Gasteiger partial charge in [-0.1, -0.05) is 42.2 Å². The van der Waals surface area contributed by atoms with Crippen LogP contribution in [0.2, 0.25) is 0 Å². The maximum atomic E-state index is 13.3. The average Bonchev–Trinajstić information content (AvgIpc) is 3.24. The summed E-state index contributed by atoms with van der Waals surface area (Å²) < 4.78 is 25.4. The number of carbonyl (C=O) groups is 1. The molecule has 2 heterocycles. The summed E-state index contributed by atoms with van der Waals surface area (Å²) in [5, 5.41) is 0. The van der Waals surface area contributed by atoms with Crippen LogP contribution in [0.4, 0.5) is 10.1 Å². The lowest BCUT2D eigenvalue weighted by Gasteiger charge is -2.32. The minimum absolute atomic E-state index is 0.161. The number of piperazine rings is 1. The molecule has 0 saturated carbocycles. The molecule has 208 valence electrons. The second-order valence-corrected chi connectivity index (χ2v) is 11.5. The fourth-order valence-electron chi connectivity index (χ4n) is 4.52. The standard InChI is InChI=1S/C31H32FN3O3S2/c1-33-16-18-34(19-17-33)15-2-3-20-37-28-6-4-5-25(22-28)35-30(36)29(40-31(35)39)21-23-7-11-26(12-8-23)38-27-13-9-24(32)10-14-27/h4-14,21-22H,2-3,15-20H2,1H3/b29-21-. The number of unbranched alkanes of at least 4 members (excludes halogenated alkanes) is 1. The van der Waals surface area contributed by atoms with E-state index in [1.54, 1.807) is 17.0 Å². The van der Waals surface area contributed by atoms with Crippen LogP contribution in [0, 0.1) is 5.82 Å². The Labute approximate surface area is 244 Å². The zero-order valence-electron chi connectivity index (χ0n) is 22.4. The molecule has 0 bridgehead atoms. The van der Waals surface area contributed by atoms with Crippen LogP contribution in [-0.4, -0.2) is 66.4 Å². The van der Waals surface area contributed by atoms with Crippen LogP contribution < -0.4 is 14.4 Å². The summed E-state index contributed by atoms with van der Waals surface area (Å²) in [6, 6.07) is 20.7. The number of likely N-dealkylation sites (N-methyl/N-ethyl adjacent to an activating group) is 1. The summed E-state index contributed by atoms with van der Waals surface area (Å²) in [5.41, 5.74) is 1.55. The number of benzene rings is 3. The molecule has 40 heavy (non-hydrogen) atoms. The van der Waals surface area contributed by atoms with Gasteiger partial charge in [-0.3, -0.25) is 9.69 Å². The van der Waals surface area contributed by atoms with Crippen molar-refractivity contribution in [3.05, 3.63) is 89.1 Å². The molecule has 0 aromatic heterocycles. The van der Waals surface area contributed by atoms with E-state index in [1.807, 2.05) is 54.6 Å². The minimum atomic E-state index is -0.313. The fraction of sp³-hybridized carbons (Fsp3) is 0.290. The SMILES string of the molecule is CN1CCN(CCCCOc2cccc(N3C(=O)/C(=C/c4ccc(Oc5ccc(F)cc5)cc4)SC3=S)c2)CC1. The molecule has 2 aliphatic heterocycles. The predicted octanol–water partition coefficient (Wildman–Crippen LogP) is 6.43. The van der Waals surface area contributed by atoms with Crippen LogP contribution in [-0.2, 0) is 4.79 Å². The number of nitrogens with zero attached hydrogens (tertiary/aromatic N) is 3. The van der Waals surface area contributed by atoms with Crippen molar-refractivity contribution in [2.45, 2.75) is 12.8 Å². The first-order valence-electron chi connectivity index (χ1n) is 13.4. The van der Waals surface area contributed by atoms with E-state index in [-0.39, 0.29) is 11.7 Å². The van der Waals surface area contributed by atoms with Gasteiger partial charge >= 0.3 is 0 Å². The van der Waals surface area contributed by atoms with Crippen molar-refractivity contribution in [2.75, 3.05) is 51.3 Å². The zero-order chi connectivity index (χ0) is 27.9. The highest BCUT2D eigenvalue weighted by Crippen LogP contribution is 2.37. The first-order chi connectivity index (χ1) is 19.4. The Balaban J connectivity index is 1.14. The molecule has 3 aromatic carbocycles. The number of thiocarbonyl (C=S) groups is 1. The normalized spacial score (nSPS) is 17.6. The van der Waals surface area contributed by atoms with Gasteiger partial charge in [0, 0.05) is 32.2 Å². The molecule has 0 atom stereocenters. The van der Waals surface area contributed by atoms with E-state index in [2.05, 4.69) is 16.8 Å². The summed E-state index contributed by atoms with van der Waals surface area (Å²) in [6.45, 7) is 6.27. The molecule has 6 nitrogen and oxygen atoms in total. The Hall–Kier alpha value is -3.24. The molecule has 5 rings (SSSR count). The molecular weight excluding hydrogens is 545 g/mol. The third-order valence-corrected chi connectivity index (χ3v) is 8.13. The van der Waals surface area contributed by atoms with Gasteiger partial charge in [0.25, 0.3) is 5.91 Å². The Bertz CT molecular complexity index is 1360. The van der Waals surface area contributed by atoms with E-state index in [4.69, 9.17) is 21.7 Å². The molecule has 2 aliphatic rings. The van der Waals surface area contributed by atoms with Crippen LogP contribution in [0.1, 0.15) is 18.4 Å². The summed E-state index contributed by atoms with van der Waals surface area (Å²) in [4.78, 5) is 20.3. The van der Waals surface area contributed by atoms with Gasteiger partial charge in [-0.2, -0.15) is 0 Å². The molecule has 0 N–H and O–H groups in total. The lowest BCUT2D eigenvalue weighted by Crippen LogP contribution is -2.44. The van der Waals surface area contributed by atoms with Crippen molar-refractivity contribution >= 4 is 46.0 Å². The van der Waals surface area contributed by atoms with Crippen molar-refractivity contribution in [3.8, 4) is 17.2 Å². The average molecular weight is 578 g/mol. The largest absolute Gasteiger partial charge is 0.494 e. The molecule has 0 unspecified atom stereocenters. The summed E-state index contributed by atoms with van der Waals surface area (Å²) in [6.07, 6.45) is 3.90. The quantitative estimate of drug-likeness (QED) is 0.156. The molecule has 2 fully saturated rings. The zero-order valence-corrected chi connectivity index (χ0v) is 24.1. The third kappa shape index (κ3) is 7.48. The van der Waals surface area contributed by atoms with Gasteiger partial charge in [0.15, 0.2) is 4.32 Å². The number of rotatable bonds is 10. The van der Waals surface area contributed by atoms with E-state index in [9.17, 15) is 9.18 Å². The maximum Gasteiger partial charge on any atom is 0.270 e. The number of amides is 1. The van der Waals surface area contributed by atoms with E-state index in [0.29, 0.717) is 33.0 Å². The second-order valence-electron chi connectivity index (χ2n) is 9.84. The molecule has 3 aromatic rings. The van der Waals surface area contributed by atoms with Crippen LogP contribution in [0.25, 0.3) is 6.08 Å². The number of thioether (sulfide) groups is 1. The maximum absolute atomic E-state index is 13.3. The lowest BCUT2D eigenvalue weighted by atomic mass is 10.2. The fourth-order valence-corrected chi connectivity index (χ4v) is 5.82. The molecule has 1 amide bonds. The van der Waals surface area contributed by atoms with Crippen LogP contribution in [0.3, 0.4) is 0 Å². The van der Waals surface area contributed by atoms with Crippen molar-refractivity contribution < 1.29 is 18.7 Å². The van der Waals surface area contributed by atoms with Gasteiger partial charge in [0.1, 0.15) is 23.1 Å². The Morgan fingerprint density at radius 3 is 2.35 bits per heavy atom. The number of carbonyl (C=O) groups excluding carboxylic acids is 1. The highest BCUT2D eigenvalue weighted by molar-refractivity contribution is 8.27. The Morgan fingerprint density at radius 1 is 0.925 bits per heavy atom. The van der Waals surface area contributed by atoms with Crippen LogP contribution in [0.15, 0.2) is 77.7 Å². The molecule has 9 heteroatoms. The Morgan fingerprint density at radius 2 is 1.62 bits per heavy atom. The van der Waals surface area contributed by atoms with E-state index < -0.39 is 0 Å². The summed E-state index contributed by atoms with van der Waals surface area (Å²) in [5.74, 6) is 1.42. The number of halogens is 1. The topological polar surface area (TPSA) is 45.2 Å². The molecule has 0 aliphatic carbocycles. The van der Waals surface area contributed by atoms with E-state index in [0.717, 1.165) is 56.9 Å². The first kappa shape index (κ1) is 28.3. The molecule has 0 radical (unpaired) electrons.